The highest BCUT2D eigenvalue weighted by atomic mass is 127. The second-order valence-corrected chi connectivity index (χ2v) is 6.60. The number of ether oxygens (including phenoxy) is 1. The number of aliphatic imine (C=N–C) groups is 1. The highest BCUT2D eigenvalue weighted by Gasteiger charge is 2.26. The van der Waals surface area contributed by atoms with Gasteiger partial charge in [0.15, 0.2) is 5.96 Å². The van der Waals surface area contributed by atoms with Crippen molar-refractivity contribution in [2.24, 2.45) is 16.6 Å². The number of rotatable bonds is 4. The number of halogens is 1. The maximum absolute atomic E-state index is 11.2. The normalized spacial score (nSPS) is 22.6. The number of para-hydroxylation sites is 1. The zero-order valence-electron chi connectivity index (χ0n) is 14.6. The minimum absolute atomic E-state index is 0. The molecule has 0 aliphatic carbocycles. The molecule has 3 N–H and O–H groups in total. The number of fused-ring (bicyclic) bond motifs is 1. The maximum Gasteiger partial charge on any atom is 0.217 e. The lowest BCUT2D eigenvalue weighted by Crippen LogP contribution is -2.49. The Labute approximate surface area is 166 Å². The average molecular weight is 458 g/mol. The minimum Gasteiger partial charge on any atom is -0.488 e. The summed E-state index contributed by atoms with van der Waals surface area (Å²) < 4.78 is 5.97. The Kier molecular flexibility index (Phi) is 7.34. The lowest BCUT2D eigenvalue weighted by Gasteiger charge is -2.34. The molecule has 1 aromatic carbocycles. The maximum atomic E-state index is 11.2. The van der Waals surface area contributed by atoms with E-state index < -0.39 is 0 Å². The predicted octanol–water partition coefficient (Wildman–Crippen LogP) is 1.77. The first kappa shape index (κ1) is 19.8. The van der Waals surface area contributed by atoms with Gasteiger partial charge in [-0.25, -0.2) is 0 Å². The number of piperidine rings is 1. The molecule has 2 heterocycles. The Bertz CT molecular complexity index is 598. The molecule has 1 fully saturated rings. The predicted molar refractivity (Wildman–Crippen MR) is 109 cm³/mol. The van der Waals surface area contributed by atoms with Gasteiger partial charge in [-0.3, -0.25) is 9.79 Å². The first-order valence-electron chi connectivity index (χ1n) is 8.64. The van der Waals surface area contributed by atoms with Crippen LogP contribution in [-0.2, 0) is 11.2 Å². The molecule has 0 spiro atoms. The van der Waals surface area contributed by atoms with Crippen LogP contribution in [0.25, 0.3) is 0 Å². The number of nitrogens with two attached hydrogens (primary N) is 1. The van der Waals surface area contributed by atoms with Gasteiger partial charge in [-0.15, -0.1) is 24.0 Å². The van der Waals surface area contributed by atoms with Crippen LogP contribution in [0.1, 0.15) is 24.8 Å². The van der Waals surface area contributed by atoms with Gasteiger partial charge in [0.1, 0.15) is 11.9 Å². The third-order valence-electron chi connectivity index (χ3n) is 4.72. The number of carbonyl (C=O) groups excluding carboxylic acids is 1. The number of nitrogens with zero attached hydrogens (tertiary/aromatic N) is 2. The van der Waals surface area contributed by atoms with Crippen molar-refractivity contribution in [1.82, 2.24) is 10.2 Å². The van der Waals surface area contributed by atoms with E-state index in [2.05, 4.69) is 21.3 Å². The van der Waals surface area contributed by atoms with E-state index in [-0.39, 0.29) is 36.0 Å². The van der Waals surface area contributed by atoms with Gasteiger partial charge >= 0.3 is 0 Å². The second kappa shape index (κ2) is 9.26. The van der Waals surface area contributed by atoms with E-state index in [0.29, 0.717) is 12.3 Å². The molecule has 1 aromatic rings. The molecule has 0 bridgehead atoms. The molecule has 138 valence electrons. The van der Waals surface area contributed by atoms with E-state index in [1.54, 1.807) is 7.05 Å². The first-order valence-corrected chi connectivity index (χ1v) is 8.64. The van der Waals surface area contributed by atoms with E-state index in [1.165, 1.54) is 5.56 Å². The lowest BCUT2D eigenvalue weighted by molar-refractivity contribution is -0.119. The van der Waals surface area contributed by atoms with E-state index >= 15 is 0 Å². The summed E-state index contributed by atoms with van der Waals surface area (Å²) in [5.74, 6) is 1.96. The number of likely N-dealkylation sites (tertiary alicyclic amines) is 1. The van der Waals surface area contributed by atoms with Crippen molar-refractivity contribution in [3.05, 3.63) is 29.8 Å². The second-order valence-electron chi connectivity index (χ2n) is 6.60. The van der Waals surface area contributed by atoms with Crippen molar-refractivity contribution < 1.29 is 9.53 Å². The van der Waals surface area contributed by atoms with Crippen molar-refractivity contribution in [3.63, 3.8) is 0 Å². The van der Waals surface area contributed by atoms with Crippen molar-refractivity contribution in [1.29, 1.82) is 0 Å². The molecule has 25 heavy (non-hydrogen) atoms. The van der Waals surface area contributed by atoms with Gasteiger partial charge in [0, 0.05) is 33.0 Å². The molecular formula is C18H27IN4O2. The van der Waals surface area contributed by atoms with Crippen LogP contribution >= 0.6 is 24.0 Å². The van der Waals surface area contributed by atoms with Gasteiger partial charge in [-0.1, -0.05) is 18.2 Å². The monoisotopic (exact) mass is 458 g/mol. The topological polar surface area (TPSA) is 80.0 Å². The number of hydrogen-bond acceptors (Lipinski definition) is 3. The van der Waals surface area contributed by atoms with E-state index in [9.17, 15) is 4.79 Å². The summed E-state index contributed by atoms with van der Waals surface area (Å²) in [6, 6.07) is 8.18. The van der Waals surface area contributed by atoms with Crippen molar-refractivity contribution >= 4 is 35.8 Å². The molecule has 2 unspecified atom stereocenters. The number of amides is 1. The number of guanidine groups is 1. The SMILES string of the molecule is CN=C(NCC1Cc2ccccc2O1)N1CCCC(CC(N)=O)C1.I. The number of benzene rings is 1. The lowest BCUT2D eigenvalue weighted by atomic mass is 9.95. The molecule has 0 saturated carbocycles. The quantitative estimate of drug-likeness (QED) is 0.410. The van der Waals surface area contributed by atoms with Crippen molar-refractivity contribution in [2.45, 2.75) is 31.8 Å². The number of primary amides is 1. The van der Waals surface area contributed by atoms with Crippen LogP contribution in [0.3, 0.4) is 0 Å². The van der Waals surface area contributed by atoms with E-state index in [4.69, 9.17) is 10.5 Å². The molecular weight excluding hydrogens is 431 g/mol. The van der Waals surface area contributed by atoms with Crippen LogP contribution in [0.5, 0.6) is 5.75 Å². The molecule has 2 aliphatic heterocycles. The Hall–Kier alpha value is -1.51. The number of hydrogen-bond donors (Lipinski definition) is 2. The Morgan fingerprint density at radius 1 is 1.44 bits per heavy atom. The standard InChI is InChI=1S/C18H26N4O2.HI/c1-20-18(22-8-4-5-13(12-22)9-17(19)23)21-11-15-10-14-6-2-3-7-16(14)24-15;/h2-3,6-7,13,15H,4-5,8-12H2,1H3,(H2,19,23)(H,20,21);1H. The van der Waals surface area contributed by atoms with E-state index in [1.807, 2.05) is 18.2 Å². The van der Waals surface area contributed by atoms with Crippen LogP contribution in [0, 0.1) is 5.92 Å². The highest BCUT2D eigenvalue weighted by molar-refractivity contribution is 14.0. The minimum atomic E-state index is -0.220. The molecule has 7 heteroatoms. The van der Waals surface area contributed by atoms with Crippen molar-refractivity contribution in [2.75, 3.05) is 26.7 Å². The largest absolute Gasteiger partial charge is 0.488 e. The van der Waals surface area contributed by atoms with Crippen LogP contribution in [0.15, 0.2) is 29.3 Å². The third-order valence-corrected chi connectivity index (χ3v) is 4.72. The van der Waals surface area contributed by atoms with Gasteiger partial charge in [-0.05, 0) is 30.4 Å². The Balaban J connectivity index is 0.00000225. The van der Waals surface area contributed by atoms with Crippen molar-refractivity contribution in [3.8, 4) is 5.75 Å². The Morgan fingerprint density at radius 2 is 2.24 bits per heavy atom. The zero-order valence-corrected chi connectivity index (χ0v) is 16.9. The molecule has 0 aromatic heterocycles. The fraction of sp³-hybridized carbons (Fsp3) is 0.556. The van der Waals surface area contributed by atoms with Gasteiger partial charge in [0.2, 0.25) is 5.91 Å². The first-order chi connectivity index (χ1) is 11.7. The van der Waals surface area contributed by atoms with Gasteiger partial charge in [0.05, 0.1) is 6.54 Å². The molecule has 1 saturated heterocycles. The van der Waals surface area contributed by atoms with E-state index in [0.717, 1.165) is 50.6 Å². The smallest absolute Gasteiger partial charge is 0.217 e. The molecule has 6 nitrogen and oxygen atoms in total. The fourth-order valence-corrected chi connectivity index (χ4v) is 3.61. The molecule has 1 amide bonds. The third kappa shape index (κ3) is 5.23. The summed E-state index contributed by atoms with van der Waals surface area (Å²) in [6.07, 6.45) is 3.62. The average Bonchev–Trinajstić information content (AvgIpc) is 2.98. The number of nitrogens with one attached hydrogen (secondary N) is 1. The highest BCUT2D eigenvalue weighted by Crippen LogP contribution is 2.27. The molecule has 0 radical (unpaired) electrons. The Morgan fingerprint density at radius 3 is 2.96 bits per heavy atom. The van der Waals surface area contributed by atoms with Gasteiger partial charge in [-0.2, -0.15) is 0 Å². The summed E-state index contributed by atoms with van der Waals surface area (Å²) >= 11 is 0. The summed E-state index contributed by atoms with van der Waals surface area (Å²) in [5.41, 5.74) is 6.60. The summed E-state index contributed by atoms with van der Waals surface area (Å²) in [5, 5.41) is 3.42. The molecule has 3 rings (SSSR count). The molecule has 2 atom stereocenters. The van der Waals surface area contributed by atoms with Gasteiger partial charge < -0.3 is 20.7 Å². The number of carbonyl (C=O) groups is 1. The van der Waals surface area contributed by atoms with Crippen LogP contribution in [-0.4, -0.2) is 49.6 Å². The van der Waals surface area contributed by atoms with Crippen LogP contribution < -0.4 is 15.8 Å². The fourth-order valence-electron chi connectivity index (χ4n) is 3.61. The zero-order chi connectivity index (χ0) is 16.9. The summed E-state index contributed by atoms with van der Waals surface area (Å²) in [6.45, 7) is 2.51. The van der Waals surface area contributed by atoms with Crippen LogP contribution in [0.4, 0.5) is 0 Å². The molecule has 2 aliphatic rings. The summed E-state index contributed by atoms with van der Waals surface area (Å²) in [4.78, 5) is 17.8. The van der Waals surface area contributed by atoms with Gasteiger partial charge in [0.25, 0.3) is 0 Å². The van der Waals surface area contributed by atoms with Crippen LogP contribution in [0.2, 0.25) is 0 Å². The summed E-state index contributed by atoms with van der Waals surface area (Å²) in [7, 11) is 1.80.